The van der Waals surface area contributed by atoms with Crippen molar-refractivity contribution in [2.75, 3.05) is 0 Å². The first-order chi connectivity index (χ1) is 9.22. The maximum absolute atomic E-state index is 12.1. The number of hydrogen-bond donors (Lipinski definition) is 0. The molecular weight excluding hydrogens is 256 g/mol. The molecule has 1 aliphatic rings. The molecule has 0 bridgehead atoms. The molecule has 3 rings (SSSR count). The number of Topliss-reactive ketones (excluding diaryl/α,β-unsaturated/α-hetero) is 1. The predicted octanol–water partition coefficient (Wildman–Crippen LogP) is 4.55. The molecule has 19 heavy (non-hydrogen) atoms. The predicted molar refractivity (Wildman–Crippen MR) is 78.5 cm³/mol. The van der Waals surface area contributed by atoms with Gasteiger partial charge in [0.05, 0.1) is 0 Å². The maximum Gasteiger partial charge on any atom is 0.167 e. The summed E-state index contributed by atoms with van der Waals surface area (Å²) >= 11 is 5.98. The lowest BCUT2D eigenvalue weighted by molar-refractivity contribution is 0.0987. The van der Waals surface area contributed by atoms with E-state index in [4.69, 9.17) is 11.6 Å². The summed E-state index contributed by atoms with van der Waals surface area (Å²) in [6, 6.07) is 15.5. The number of benzene rings is 2. The van der Waals surface area contributed by atoms with Gasteiger partial charge in [-0.1, -0.05) is 59.6 Å². The number of hydrogen-bond acceptors (Lipinski definition) is 1. The number of rotatable bonds is 1. The number of carbonyl (C=O) groups is 1. The van der Waals surface area contributed by atoms with Gasteiger partial charge in [0.15, 0.2) is 5.78 Å². The molecular formula is C17H13ClO. The highest BCUT2D eigenvalue weighted by Gasteiger charge is 2.19. The summed E-state index contributed by atoms with van der Waals surface area (Å²) in [5.41, 5.74) is 4.18. The third kappa shape index (κ3) is 2.61. The number of ketones is 1. The van der Waals surface area contributed by atoms with Gasteiger partial charge in [-0.15, -0.1) is 0 Å². The molecule has 0 radical (unpaired) electrons. The van der Waals surface area contributed by atoms with E-state index >= 15 is 0 Å². The van der Waals surface area contributed by atoms with Crippen LogP contribution in [0.25, 0.3) is 6.08 Å². The smallest absolute Gasteiger partial charge is 0.167 e. The van der Waals surface area contributed by atoms with Gasteiger partial charge in [0.2, 0.25) is 0 Å². The zero-order valence-electron chi connectivity index (χ0n) is 10.4. The molecule has 1 aliphatic carbocycles. The largest absolute Gasteiger partial charge is 0.294 e. The lowest BCUT2D eigenvalue weighted by atomic mass is 9.86. The van der Waals surface area contributed by atoms with E-state index in [2.05, 4.69) is 6.08 Å². The minimum Gasteiger partial charge on any atom is -0.294 e. The van der Waals surface area contributed by atoms with Crippen LogP contribution in [0.3, 0.4) is 0 Å². The van der Waals surface area contributed by atoms with Crippen LogP contribution in [0.2, 0.25) is 5.02 Å². The normalized spacial score (nSPS) is 16.5. The fourth-order valence-corrected chi connectivity index (χ4v) is 2.69. The second kappa shape index (κ2) is 5.02. The van der Waals surface area contributed by atoms with Crippen molar-refractivity contribution in [3.63, 3.8) is 0 Å². The summed E-state index contributed by atoms with van der Waals surface area (Å²) < 4.78 is 0. The fourth-order valence-electron chi connectivity index (χ4n) is 2.49. The van der Waals surface area contributed by atoms with Crippen molar-refractivity contribution < 1.29 is 4.79 Å². The molecule has 0 aromatic heterocycles. The standard InChI is InChI=1S/C17H13ClO/c18-15-6-3-4-12(10-15)8-13-9-14-5-1-2-7-16(14)17(19)11-13/h1-8,10H,9,11H2/b13-8-. The average Bonchev–Trinajstić information content (AvgIpc) is 2.39. The quantitative estimate of drug-likeness (QED) is 0.741. The summed E-state index contributed by atoms with van der Waals surface area (Å²) in [6.07, 6.45) is 3.41. The summed E-state index contributed by atoms with van der Waals surface area (Å²) in [6.45, 7) is 0. The third-order valence-electron chi connectivity index (χ3n) is 3.34. The van der Waals surface area contributed by atoms with Crippen LogP contribution in [-0.2, 0) is 6.42 Å². The van der Waals surface area contributed by atoms with Crippen LogP contribution < -0.4 is 0 Å². The summed E-state index contributed by atoms with van der Waals surface area (Å²) in [5, 5.41) is 0.719. The van der Waals surface area contributed by atoms with E-state index in [9.17, 15) is 4.79 Å². The van der Waals surface area contributed by atoms with Crippen LogP contribution in [0.15, 0.2) is 54.1 Å². The van der Waals surface area contributed by atoms with Crippen molar-refractivity contribution in [2.24, 2.45) is 0 Å². The highest BCUT2D eigenvalue weighted by molar-refractivity contribution is 6.30. The molecule has 2 aromatic rings. The van der Waals surface area contributed by atoms with Gasteiger partial charge in [0.1, 0.15) is 0 Å². The van der Waals surface area contributed by atoms with E-state index in [1.807, 2.05) is 48.5 Å². The highest BCUT2D eigenvalue weighted by atomic mass is 35.5. The molecule has 0 fully saturated rings. The molecule has 2 aromatic carbocycles. The molecule has 0 heterocycles. The van der Waals surface area contributed by atoms with E-state index in [1.54, 1.807) is 0 Å². The molecule has 0 saturated carbocycles. The Bertz CT molecular complexity index is 670. The zero-order valence-corrected chi connectivity index (χ0v) is 11.2. The molecule has 0 spiro atoms. The van der Waals surface area contributed by atoms with Crippen molar-refractivity contribution in [1.29, 1.82) is 0 Å². The van der Waals surface area contributed by atoms with Crippen molar-refractivity contribution in [2.45, 2.75) is 12.8 Å². The van der Waals surface area contributed by atoms with E-state index < -0.39 is 0 Å². The van der Waals surface area contributed by atoms with Gasteiger partial charge >= 0.3 is 0 Å². The van der Waals surface area contributed by atoms with Gasteiger partial charge in [-0.2, -0.15) is 0 Å². The van der Waals surface area contributed by atoms with E-state index in [0.29, 0.717) is 6.42 Å². The summed E-state index contributed by atoms with van der Waals surface area (Å²) in [4.78, 5) is 12.1. The SMILES string of the molecule is O=C1C/C(=C\c2cccc(Cl)c2)Cc2ccccc21. The number of carbonyl (C=O) groups excluding carboxylic acids is 1. The number of halogens is 1. The second-order valence-corrected chi connectivity index (χ2v) is 5.23. The Kier molecular flexibility index (Phi) is 3.22. The molecule has 94 valence electrons. The Morgan fingerprint density at radius 1 is 1.00 bits per heavy atom. The van der Waals surface area contributed by atoms with Crippen LogP contribution in [0.4, 0.5) is 0 Å². The molecule has 1 nitrogen and oxygen atoms in total. The Hall–Kier alpha value is -1.86. The van der Waals surface area contributed by atoms with Gasteiger partial charge < -0.3 is 0 Å². The van der Waals surface area contributed by atoms with Crippen molar-refractivity contribution in [3.05, 3.63) is 75.8 Å². The van der Waals surface area contributed by atoms with Crippen molar-refractivity contribution >= 4 is 23.5 Å². The lowest BCUT2D eigenvalue weighted by Gasteiger charge is -2.17. The summed E-state index contributed by atoms with van der Waals surface area (Å²) in [7, 11) is 0. The van der Waals surface area contributed by atoms with Gasteiger partial charge in [-0.05, 0) is 29.7 Å². The second-order valence-electron chi connectivity index (χ2n) is 4.79. The van der Waals surface area contributed by atoms with Crippen molar-refractivity contribution in [3.8, 4) is 0 Å². The highest BCUT2D eigenvalue weighted by Crippen LogP contribution is 2.26. The topological polar surface area (TPSA) is 17.1 Å². The third-order valence-corrected chi connectivity index (χ3v) is 3.58. The summed E-state index contributed by atoms with van der Waals surface area (Å²) in [5.74, 6) is 0.204. The first kappa shape index (κ1) is 12.2. The first-order valence-electron chi connectivity index (χ1n) is 6.28. The number of allylic oxidation sites excluding steroid dienone is 1. The maximum atomic E-state index is 12.1. The van der Waals surface area contributed by atoms with Gasteiger partial charge in [0.25, 0.3) is 0 Å². The van der Waals surface area contributed by atoms with E-state index in [1.165, 1.54) is 0 Å². The molecule has 0 N–H and O–H groups in total. The van der Waals surface area contributed by atoms with Crippen LogP contribution in [0.1, 0.15) is 27.9 Å². The number of fused-ring (bicyclic) bond motifs is 1. The Balaban J connectivity index is 1.95. The monoisotopic (exact) mass is 268 g/mol. The Labute approximate surface area is 117 Å². The fraction of sp³-hybridized carbons (Fsp3) is 0.118. The molecule has 0 unspecified atom stereocenters. The Morgan fingerprint density at radius 2 is 1.84 bits per heavy atom. The van der Waals surface area contributed by atoms with E-state index in [-0.39, 0.29) is 5.78 Å². The first-order valence-corrected chi connectivity index (χ1v) is 6.66. The van der Waals surface area contributed by atoms with Crippen LogP contribution in [0, 0.1) is 0 Å². The lowest BCUT2D eigenvalue weighted by Crippen LogP contribution is -2.12. The minimum absolute atomic E-state index is 0.204. The molecule has 0 saturated heterocycles. The molecule has 0 aliphatic heterocycles. The molecule has 2 heteroatoms. The van der Waals surface area contributed by atoms with Crippen LogP contribution >= 0.6 is 11.6 Å². The molecule has 0 atom stereocenters. The van der Waals surface area contributed by atoms with Crippen LogP contribution in [0.5, 0.6) is 0 Å². The average molecular weight is 269 g/mol. The van der Waals surface area contributed by atoms with Gasteiger partial charge in [-0.25, -0.2) is 0 Å². The van der Waals surface area contributed by atoms with Crippen molar-refractivity contribution in [1.82, 2.24) is 0 Å². The zero-order chi connectivity index (χ0) is 13.2. The van der Waals surface area contributed by atoms with Gasteiger partial charge in [0, 0.05) is 17.0 Å². The minimum atomic E-state index is 0.204. The van der Waals surface area contributed by atoms with Crippen LogP contribution in [-0.4, -0.2) is 5.78 Å². The molecule has 0 amide bonds. The Morgan fingerprint density at radius 3 is 2.68 bits per heavy atom. The van der Waals surface area contributed by atoms with Gasteiger partial charge in [-0.3, -0.25) is 4.79 Å². The van der Waals surface area contributed by atoms with E-state index in [0.717, 1.165) is 33.7 Å².